The number of fused-ring (bicyclic) bond motifs is 3. The van der Waals surface area contributed by atoms with E-state index in [1.54, 1.807) is 0 Å². The van der Waals surface area contributed by atoms with Gasteiger partial charge in [-0.15, -0.1) is 10.2 Å². The lowest BCUT2D eigenvalue weighted by molar-refractivity contribution is -0.137. The molecule has 0 unspecified atom stereocenters. The predicted octanol–water partition coefficient (Wildman–Crippen LogP) is 4.48. The van der Waals surface area contributed by atoms with Crippen molar-refractivity contribution in [3.8, 4) is 11.4 Å². The van der Waals surface area contributed by atoms with E-state index in [1.165, 1.54) is 18.4 Å². The minimum absolute atomic E-state index is 0.129. The number of rotatable bonds is 3. The zero-order chi connectivity index (χ0) is 23.2. The number of hydrogen-bond donors (Lipinski definition) is 0. The van der Waals surface area contributed by atoms with Crippen LogP contribution in [0.25, 0.3) is 27.9 Å². The van der Waals surface area contributed by atoms with Crippen molar-refractivity contribution >= 4 is 28.4 Å². The second-order valence-corrected chi connectivity index (χ2v) is 9.79. The van der Waals surface area contributed by atoms with Crippen molar-refractivity contribution in [3.05, 3.63) is 54.1 Å². The Labute approximate surface area is 199 Å². The van der Waals surface area contributed by atoms with Gasteiger partial charge in [0.25, 0.3) is 0 Å². The molecule has 0 N–H and O–H groups in total. The highest BCUT2D eigenvalue weighted by molar-refractivity contribution is 5.93. The topological polar surface area (TPSA) is 66.6 Å². The Morgan fingerprint density at radius 3 is 2.50 bits per heavy atom. The van der Waals surface area contributed by atoms with Gasteiger partial charge >= 0.3 is 0 Å². The molecule has 1 saturated carbocycles. The predicted molar refractivity (Wildman–Crippen MR) is 134 cm³/mol. The molecule has 0 bridgehead atoms. The van der Waals surface area contributed by atoms with Crippen LogP contribution in [-0.4, -0.2) is 56.1 Å². The number of aryl methyl sites for hydroxylation is 1. The van der Waals surface area contributed by atoms with Crippen molar-refractivity contribution < 1.29 is 4.79 Å². The first-order valence-electron chi connectivity index (χ1n) is 12.4. The van der Waals surface area contributed by atoms with E-state index >= 15 is 0 Å². The van der Waals surface area contributed by atoms with Crippen molar-refractivity contribution in [2.75, 3.05) is 24.5 Å². The number of carbonyl (C=O) groups excluding carboxylic acids is 1. The van der Waals surface area contributed by atoms with Gasteiger partial charge in [0.05, 0.1) is 5.52 Å². The molecule has 1 saturated heterocycles. The molecule has 1 atom stereocenters. The van der Waals surface area contributed by atoms with Crippen LogP contribution in [0.2, 0.25) is 0 Å². The summed E-state index contributed by atoms with van der Waals surface area (Å²) in [6.07, 6.45) is 4.44. The summed E-state index contributed by atoms with van der Waals surface area (Å²) in [5, 5.41) is 10.2. The summed E-state index contributed by atoms with van der Waals surface area (Å²) in [6.45, 7) is 6.44. The van der Waals surface area contributed by atoms with Crippen LogP contribution in [0, 0.1) is 12.8 Å². The van der Waals surface area contributed by atoms with Crippen LogP contribution >= 0.6 is 0 Å². The molecule has 2 aromatic carbocycles. The largest absolute Gasteiger partial charge is 0.338 e. The third-order valence-corrected chi connectivity index (χ3v) is 7.44. The van der Waals surface area contributed by atoms with E-state index < -0.39 is 0 Å². The second kappa shape index (κ2) is 8.38. The maximum absolute atomic E-state index is 13.1. The molecule has 1 amide bonds. The summed E-state index contributed by atoms with van der Waals surface area (Å²) in [7, 11) is 0. The van der Waals surface area contributed by atoms with Crippen molar-refractivity contribution in [3.63, 3.8) is 0 Å². The molecule has 2 aromatic heterocycles. The lowest BCUT2D eigenvalue weighted by atomic mass is 10.0. The molecular weight excluding hydrogens is 424 g/mol. The van der Waals surface area contributed by atoms with Crippen LogP contribution in [0.5, 0.6) is 0 Å². The maximum Gasteiger partial charge on any atom is 0.226 e. The minimum atomic E-state index is 0.129. The quantitative estimate of drug-likeness (QED) is 0.457. The van der Waals surface area contributed by atoms with Crippen LogP contribution in [0.1, 0.15) is 38.2 Å². The summed E-state index contributed by atoms with van der Waals surface area (Å²) in [5.41, 5.74) is 3.94. The Bertz CT molecular complexity index is 1360. The van der Waals surface area contributed by atoms with Crippen molar-refractivity contribution in [2.45, 2.75) is 45.6 Å². The highest BCUT2D eigenvalue weighted by Gasteiger charge is 2.34. The Hall–Kier alpha value is -3.48. The standard InChI is InChI=1S/C27H30N6O/c1-18-11-13-20(14-12-18)24-29-30-25-22-9-5-6-10-23(22)28-27(33(24)25)31-15-16-32(19(2)17-31)26(34)21-7-3-4-8-21/h5-6,9-14,19,21H,3-4,7-8,15-17H2,1-2H3/t19-/m0/s1. The molecule has 174 valence electrons. The van der Waals surface area contributed by atoms with Gasteiger partial charge in [-0.05, 0) is 38.8 Å². The number of carbonyl (C=O) groups is 1. The monoisotopic (exact) mass is 454 g/mol. The summed E-state index contributed by atoms with van der Waals surface area (Å²) in [4.78, 5) is 22.6. The highest BCUT2D eigenvalue weighted by Crippen LogP contribution is 2.31. The molecule has 0 spiro atoms. The van der Waals surface area contributed by atoms with Crippen LogP contribution in [0.4, 0.5) is 5.95 Å². The van der Waals surface area contributed by atoms with E-state index in [2.05, 4.69) is 68.6 Å². The van der Waals surface area contributed by atoms with Gasteiger partial charge in [-0.1, -0.05) is 54.8 Å². The summed E-state index contributed by atoms with van der Waals surface area (Å²) in [5.74, 6) is 2.19. The SMILES string of the molecule is Cc1ccc(-c2nnc3c4ccccc4nc(N4CCN(C(=O)C5CCCC5)[C@@H](C)C4)n23)cc1. The van der Waals surface area contributed by atoms with Gasteiger partial charge in [0.1, 0.15) is 0 Å². The minimum Gasteiger partial charge on any atom is -0.338 e. The van der Waals surface area contributed by atoms with Crippen molar-refractivity contribution in [2.24, 2.45) is 5.92 Å². The molecule has 2 aliphatic rings. The number of nitrogens with zero attached hydrogens (tertiary/aromatic N) is 6. The molecule has 4 aromatic rings. The number of benzene rings is 2. The number of hydrogen-bond acceptors (Lipinski definition) is 5. The van der Waals surface area contributed by atoms with E-state index in [4.69, 9.17) is 4.98 Å². The van der Waals surface area contributed by atoms with E-state index in [0.29, 0.717) is 12.5 Å². The average molecular weight is 455 g/mol. The molecular formula is C27H30N6O. The smallest absolute Gasteiger partial charge is 0.226 e. The number of piperazine rings is 1. The van der Waals surface area contributed by atoms with Gasteiger partial charge in [0, 0.05) is 42.5 Å². The summed E-state index contributed by atoms with van der Waals surface area (Å²) in [6, 6.07) is 16.6. The van der Waals surface area contributed by atoms with Gasteiger partial charge in [-0.3, -0.25) is 4.79 Å². The van der Waals surface area contributed by atoms with Crippen molar-refractivity contribution in [1.29, 1.82) is 0 Å². The van der Waals surface area contributed by atoms with Gasteiger partial charge in [0.2, 0.25) is 11.9 Å². The fourth-order valence-corrected chi connectivity index (χ4v) is 5.54. The van der Waals surface area contributed by atoms with Crippen molar-refractivity contribution in [1.82, 2.24) is 24.5 Å². The molecule has 0 radical (unpaired) electrons. The molecule has 1 aliphatic carbocycles. The molecule has 2 fully saturated rings. The number of aromatic nitrogens is 4. The lowest BCUT2D eigenvalue weighted by Crippen LogP contribution is -2.55. The molecule has 3 heterocycles. The molecule has 7 heteroatoms. The zero-order valence-corrected chi connectivity index (χ0v) is 19.8. The van der Waals surface area contributed by atoms with E-state index in [9.17, 15) is 4.79 Å². The summed E-state index contributed by atoms with van der Waals surface area (Å²) < 4.78 is 2.09. The van der Waals surface area contributed by atoms with Crippen LogP contribution < -0.4 is 4.90 Å². The molecule has 6 rings (SSSR count). The maximum atomic E-state index is 13.1. The number of amides is 1. The Kier molecular flexibility index (Phi) is 5.20. The van der Waals surface area contributed by atoms with E-state index in [1.807, 2.05) is 18.2 Å². The molecule has 1 aliphatic heterocycles. The summed E-state index contributed by atoms with van der Waals surface area (Å²) >= 11 is 0. The van der Waals surface area contributed by atoms with Crippen LogP contribution in [-0.2, 0) is 4.79 Å². The van der Waals surface area contributed by atoms with E-state index in [0.717, 1.165) is 59.8 Å². The Morgan fingerprint density at radius 1 is 0.971 bits per heavy atom. The number of para-hydroxylation sites is 1. The first-order chi connectivity index (χ1) is 16.6. The molecule has 34 heavy (non-hydrogen) atoms. The third-order valence-electron chi connectivity index (χ3n) is 7.44. The van der Waals surface area contributed by atoms with Gasteiger partial charge in [0.15, 0.2) is 11.5 Å². The fourth-order valence-electron chi connectivity index (χ4n) is 5.54. The average Bonchev–Trinajstić information content (AvgIpc) is 3.55. The third kappa shape index (κ3) is 3.50. The van der Waals surface area contributed by atoms with Crippen LogP contribution in [0.15, 0.2) is 48.5 Å². The fraction of sp³-hybridized carbons (Fsp3) is 0.407. The Morgan fingerprint density at radius 2 is 1.74 bits per heavy atom. The zero-order valence-electron chi connectivity index (χ0n) is 19.8. The van der Waals surface area contributed by atoms with Gasteiger partial charge in [-0.2, -0.15) is 0 Å². The van der Waals surface area contributed by atoms with Gasteiger partial charge < -0.3 is 9.80 Å². The normalized spacial score (nSPS) is 19.4. The second-order valence-electron chi connectivity index (χ2n) is 9.79. The number of anilines is 1. The first kappa shape index (κ1) is 21.1. The van der Waals surface area contributed by atoms with Crippen LogP contribution in [0.3, 0.4) is 0 Å². The highest BCUT2D eigenvalue weighted by atomic mass is 16.2. The lowest BCUT2D eigenvalue weighted by Gasteiger charge is -2.41. The van der Waals surface area contributed by atoms with Gasteiger partial charge in [-0.25, -0.2) is 9.38 Å². The Balaban J connectivity index is 1.41. The van der Waals surface area contributed by atoms with E-state index in [-0.39, 0.29) is 12.0 Å². The first-order valence-corrected chi connectivity index (χ1v) is 12.4. The molecule has 7 nitrogen and oxygen atoms in total.